The highest BCUT2D eigenvalue weighted by Gasteiger charge is 2.23. The molecule has 1 aromatic carbocycles. The molecule has 0 unspecified atom stereocenters. The smallest absolute Gasteiger partial charge is 0.274 e. The molecule has 0 aliphatic carbocycles. The summed E-state index contributed by atoms with van der Waals surface area (Å²) in [5.41, 5.74) is 1.50. The van der Waals surface area contributed by atoms with Gasteiger partial charge in [0.05, 0.1) is 6.04 Å². The quantitative estimate of drug-likeness (QED) is 0.822. The number of carbonyl (C=O) groups is 1. The van der Waals surface area contributed by atoms with Gasteiger partial charge < -0.3 is 4.90 Å². The first-order valence-corrected chi connectivity index (χ1v) is 9.20. The molecule has 1 fully saturated rings. The molecule has 1 aliphatic rings. The molecule has 1 saturated heterocycles. The van der Waals surface area contributed by atoms with Crippen molar-refractivity contribution in [2.24, 2.45) is 0 Å². The van der Waals surface area contributed by atoms with Gasteiger partial charge in [-0.1, -0.05) is 30.3 Å². The fourth-order valence-electron chi connectivity index (χ4n) is 3.18. The number of rotatable bonds is 5. The van der Waals surface area contributed by atoms with E-state index < -0.39 is 0 Å². The monoisotopic (exact) mass is 354 g/mol. The van der Waals surface area contributed by atoms with Crippen molar-refractivity contribution in [2.75, 3.05) is 32.7 Å². The summed E-state index contributed by atoms with van der Waals surface area (Å²) in [7, 11) is 0. The van der Waals surface area contributed by atoms with Crippen LogP contribution in [0.15, 0.2) is 47.3 Å². The van der Waals surface area contributed by atoms with E-state index in [1.165, 1.54) is 22.4 Å². The standard InChI is InChI=1S/C20H26N4O2/c1-16(2)24-19(25)9-8-18(21-24)20(26)23-14-12-22(13-15-23)11-10-17-6-4-3-5-7-17/h3-9,16H,10-15H2,1-2H3. The van der Waals surface area contributed by atoms with Gasteiger partial charge in [-0.2, -0.15) is 5.10 Å². The van der Waals surface area contributed by atoms with Crippen molar-refractivity contribution >= 4 is 5.91 Å². The predicted molar refractivity (Wildman–Crippen MR) is 101 cm³/mol. The molecule has 0 spiro atoms. The van der Waals surface area contributed by atoms with Crippen LogP contribution in [0.3, 0.4) is 0 Å². The Morgan fingerprint density at radius 3 is 2.38 bits per heavy atom. The lowest BCUT2D eigenvalue weighted by Gasteiger charge is -2.34. The molecule has 1 aliphatic heterocycles. The number of benzene rings is 1. The van der Waals surface area contributed by atoms with Gasteiger partial charge in [0.2, 0.25) is 0 Å². The van der Waals surface area contributed by atoms with Crippen molar-refractivity contribution in [1.29, 1.82) is 0 Å². The van der Waals surface area contributed by atoms with E-state index in [2.05, 4.69) is 34.3 Å². The maximum absolute atomic E-state index is 12.7. The van der Waals surface area contributed by atoms with Crippen LogP contribution in [-0.2, 0) is 6.42 Å². The first-order chi connectivity index (χ1) is 12.5. The zero-order valence-corrected chi connectivity index (χ0v) is 15.5. The lowest BCUT2D eigenvalue weighted by atomic mass is 10.1. The van der Waals surface area contributed by atoms with Gasteiger partial charge in [0.1, 0.15) is 5.69 Å². The fourth-order valence-corrected chi connectivity index (χ4v) is 3.18. The molecule has 0 N–H and O–H groups in total. The lowest BCUT2D eigenvalue weighted by Crippen LogP contribution is -2.49. The van der Waals surface area contributed by atoms with Crippen LogP contribution in [0.4, 0.5) is 0 Å². The Labute approximate surface area is 154 Å². The van der Waals surface area contributed by atoms with Gasteiger partial charge in [-0.25, -0.2) is 4.68 Å². The van der Waals surface area contributed by atoms with E-state index in [1.54, 1.807) is 0 Å². The molecule has 26 heavy (non-hydrogen) atoms. The second-order valence-electron chi connectivity index (χ2n) is 6.96. The lowest BCUT2D eigenvalue weighted by molar-refractivity contribution is 0.0629. The number of carbonyl (C=O) groups excluding carboxylic acids is 1. The Bertz CT molecular complexity index is 793. The predicted octanol–water partition coefficient (Wildman–Crippen LogP) is 1.82. The van der Waals surface area contributed by atoms with Crippen molar-refractivity contribution in [3.63, 3.8) is 0 Å². The maximum Gasteiger partial charge on any atom is 0.274 e. The van der Waals surface area contributed by atoms with Crippen molar-refractivity contribution < 1.29 is 4.79 Å². The van der Waals surface area contributed by atoms with E-state index in [-0.39, 0.29) is 17.5 Å². The number of nitrogens with zero attached hydrogens (tertiary/aromatic N) is 4. The van der Waals surface area contributed by atoms with Gasteiger partial charge in [-0.3, -0.25) is 14.5 Å². The second kappa shape index (κ2) is 8.27. The van der Waals surface area contributed by atoms with E-state index in [4.69, 9.17) is 0 Å². The van der Waals surface area contributed by atoms with E-state index >= 15 is 0 Å². The van der Waals surface area contributed by atoms with Crippen LogP contribution in [0, 0.1) is 0 Å². The summed E-state index contributed by atoms with van der Waals surface area (Å²) in [6.07, 6.45) is 1.02. The van der Waals surface area contributed by atoms with Crippen molar-refractivity contribution in [2.45, 2.75) is 26.3 Å². The van der Waals surface area contributed by atoms with Crippen molar-refractivity contribution in [3.8, 4) is 0 Å². The summed E-state index contributed by atoms with van der Waals surface area (Å²) >= 11 is 0. The van der Waals surface area contributed by atoms with Crippen LogP contribution in [0.5, 0.6) is 0 Å². The average Bonchev–Trinajstić information content (AvgIpc) is 2.67. The van der Waals surface area contributed by atoms with E-state index in [0.29, 0.717) is 18.8 Å². The number of amides is 1. The van der Waals surface area contributed by atoms with Gasteiger partial charge in [-0.05, 0) is 31.9 Å². The third-order valence-electron chi connectivity index (χ3n) is 4.75. The summed E-state index contributed by atoms with van der Waals surface area (Å²) < 4.78 is 1.36. The van der Waals surface area contributed by atoms with E-state index in [9.17, 15) is 9.59 Å². The van der Waals surface area contributed by atoms with Crippen molar-refractivity contribution in [1.82, 2.24) is 19.6 Å². The summed E-state index contributed by atoms with van der Waals surface area (Å²) in [4.78, 5) is 28.7. The molecule has 0 atom stereocenters. The minimum absolute atomic E-state index is 0.0647. The van der Waals surface area contributed by atoms with Crippen LogP contribution < -0.4 is 5.56 Å². The summed E-state index contributed by atoms with van der Waals surface area (Å²) in [5, 5.41) is 4.24. The number of aromatic nitrogens is 2. The third kappa shape index (κ3) is 4.38. The SMILES string of the molecule is CC(C)n1nc(C(=O)N2CCN(CCc3ccccc3)CC2)ccc1=O. The molecule has 3 rings (SSSR count). The number of piperazine rings is 1. The number of hydrogen-bond acceptors (Lipinski definition) is 4. The fraction of sp³-hybridized carbons (Fsp3) is 0.450. The van der Waals surface area contributed by atoms with Gasteiger partial charge in [0, 0.05) is 38.8 Å². The maximum atomic E-state index is 12.7. The van der Waals surface area contributed by atoms with Gasteiger partial charge in [0.15, 0.2) is 0 Å². The van der Waals surface area contributed by atoms with Crippen LogP contribution in [0.2, 0.25) is 0 Å². The Balaban J connectivity index is 1.55. The second-order valence-corrected chi connectivity index (χ2v) is 6.96. The molecule has 0 saturated carbocycles. The summed E-state index contributed by atoms with van der Waals surface area (Å²) in [5.74, 6) is -0.0953. The van der Waals surface area contributed by atoms with Crippen LogP contribution >= 0.6 is 0 Å². The highest BCUT2D eigenvalue weighted by Crippen LogP contribution is 2.09. The highest BCUT2D eigenvalue weighted by atomic mass is 16.2. The summed E-state index contributed by atoms with van der Waals surface area (Å²) in [6.45, 7) is 7.88. The molecule has 1 aromatic heterocycles. The Hall–Kier alpha value is -2.47. The molecule has 1 amide bonds. The molecule has 2 heterocycles. The van der Waals surface area contributed by atoms with Crippen molar-refractivity contribution in [3.05, 3.63) is 64.1 Å². The molecule has 6 heteroatoms. The minimum atomic E-state index is -0.178. The molecule has 2 aromatic rings. The van der Waals surface area contributed by atoms with Gasteiger partial charge >= 0.3 is 0 Å². The molecule has 6 nitrogen and oxygen atoms in total. The minimum Gasteiger partial charge on any atom is -0.335 e. The first kappa shape index (κ1) is 18.3. The van der Waals surface area contributed by atoms with Gasteiger partial charge in [0.25, 0.3) is 11.5 Å². The highest BCUT2D eigenvalue weighted by molar-refractivity contribution is 5.92. The van der Waals surface area contributed by atoms with Crippen LogP contribution in [0.25, 0.3) is 0 Å². The molecule has 0 bridgehead atoms. The Kier molecular flexibility index (Phi) is 5.83. The topological polar surface area (TPSA) is 58.4 Å². The molecule has 138 valence electrons. The normalized spacial score (nSPS) is 15.4. The Morgan fingerprint density at radius 2 is 1.73 bits per heavy atom. The first-order valence-electron chi connectivity index (χ1n) is 9.20. The zero-order valence-electron chi connectivity index (χ0n) is 15.5. The molecule has 0 radical (unpaired) electrons. The largest absolute Gasteiger partial charge is 0.335 e. The van der Waals surface area contributed by atoms with Gasteiger partial charge in [-0.15, -0.1) is 0 Å². The van der Waals surface area contributed by atoms with E-state index in [1.807, 2.05) is 24.8 Å². The zero-order chi connectivity index (χ0) is 18.5. The van der Waals surface area contributed by atoms with E-state index in [0.717, 1.165) is 26.1 Å². The third-order valence-corrected chi connectivity index (χ3v) is 4.75. The molecular weight excluding hydrogens is 328 g/mol. The summed E-state index contributed by atoms with van der Waals surface area (Å²) in [6, 6.07) is 13.4. The number of hydrogen-bond donors (Lipinski definition) is 0. The van der Waals surface area contributed by atoms with Crippen LogP contribution in [0.1, 0.15) is 35.9 Å². The average molecular weight is 354 g/mol. The molecular formula is C20H26N4O2. The Morgan fingerprint density at radius 1 is 1.04 bits per heavy atom. The van der Waals surface area contributed by atoms with Crippen LogP contribution in [-0.4, -0.2) is 58.2 Å².